The van der Waals surface area contributed by atoms with E-state index >= 15 is 0 Å². The molecule has 0 bridgehead atoms. The van der Waals surface area contributed by atoms with Crippen LogP contribution in [-0.4, -0.2) is 32.9 Å². The standard InChI is InChI=1S/C12H18ClNO2/c1-3-14-8-10(9-15-2)16-12-7-5-4-6-11(12)13/h4-7,10,14H,3,8-9H2,1-2H3. The van der Waals surface area contributed by atoms with E-state index in [0.29, 0.717) is 17.4 Å². The van der Waals surface area contributed by atoms with Crippen molar-refractivity contribution in [3.63, 3.8) is 0 Å². The molecule has 1 aromatic carbocycles. The van der Waals surface area contributed by atoms with Gasteiger partial charge in [-0.05, 0) is 18.7 Å². The third-order valence-corrected chi connectivity index (χ3v) is 2.42. The number of hydrogen-bond acceptors (Lipinski definition) is 3. The molecule has 0 aliphatic rings. The highest BCUT2D eigenvalue weighted by Crippen LogP contribution is 2.24. The zero-order valence-electron chi connectivity index (χ0n) is 9.70. The van der Waals surface area contributed by atoms with Crippen molar-refractivity contribution in [1.29, 1.82) is 0 Å². The Morgan fingerprint density at radius 1 is 1.38 bits per heavy atom. The number of nitrogens with one attached hydrogen (secondary N) is 1. The summed E-state index contributed by atoms with van der Waals surface area (Å²) >= 11 is 6.02. The summed E-state index contributed by atoms with van der Waals surface area (Å²) in [6.07, 6.45) is -0.0233. The van der Waals surface area contributed by atoms with Gasteiger partial charge in [0.1, 0.15) is 11.9 Å². The molecule has 1 rings (SSSR count). The average molecular weight is 244 g/mol. The van der Waals surface area contributed by atoms with Gasteiger partial charge in [0.05, 0.1) is 11.6 Å². The van der Waals surface area contributed by atoms with Gasteiger partial charge in [0.2, 0.25) is 0 Å². The van der Waals surface area contributed by atoms with Gasteiger partial charge in [0, 0.05) is 13.7 Å². The zero-order chi connectivity index (χ0) is 11.8. The predicted octanol–water partition coefficient (Wildman–Crippen LogP) is 2.34. The first-order valence-electron chi connectivity index (χ1n) is 5.38. The smallest absolute Gasteiger partial charge is 0.138 e. The van der Waals surface area contributed by atoms with Gasteiger partial charge in [-0.2, -0.15) is 0 Å². The molecular formula is C12H18ClNO2. The van der Waals surface area contributed by atoms with Crippen LogP contribution in [0.4, 0.5) is 0 Å². The summed E-state index contributed by atoms with van der Waals surface area (Å²) in [6.45, 7) is 4.25. The Morgan fingerprint density at radius 3 is 2.75 bits per heavy atom. The molecule has 16 heavy (non-hydrogen) atoms. The van der Waals surface area contributed by atoms with Crippen molar-refractivity contribution in [2.75, 3.05) is 26.8 Å². The van der Waals surface area contributed by atoms with Crippen molar-refractivity contribution < 1.29 is 9.47 Å². The second kappa shape index (κ2) is 7.49. The topological polar surface area (TPSA) is 30.5 Å². The van der Waals surface area contributed by atoms with Crippen molar-refractivity contribution in [3.8, 4) is 5.75 Å². The van der Waals surface area contributed by atoms with E-state index in [-0.39, 0.29) is 6.10 Å². The van der Waals surface area contributed by atoms with Crippen molar-refractivity contribution in [1.82, 2.24) is 5.32 Å². The van der Waals surface area contributed by atoms with Gasteiger partial charge >= 0.3 is 0 Å². The lowest BCUT2D eigenvalue weighted by Crippen LogP contribution is -2.34. The van der Waals surface area contributed by atoms with Gasteiger partial charge in [-0.3, -0.25) is 0 Å². The molecule has 0 aliphatic carbocycles. The van der Waals surface area contributed by atoms with Crippen LogP contribution in [0.5, 0.6) is 5.75 Å². The lowest BCUT2D eigenvalue weighted by atomic mass is 10.3. The summed E-state index contributed by atoms with van der Waals surface area (Å²) < 4.78 is 10.9. The number of ether oxygens (including phenoxy) is 2. The van der Waals surface area contributed by atoms with Crippen LogP contribution in [0.2, 0.25) is 5.02 Å². The molecular weight excluding hydrogens is 226 g/mol. The summed E-state index contributed by atoms with van der Waals surface area (Å²) in [5.74, 6) is 0.698. The number of hydrogen-bond donors (Lipinski definition) is 1. The normalized spacial score (nSPS) is 12.4. The Bertz CT molecular complexity index is 307. The highest BCUT2D eigenvalue weighted by Gasteiger charge is 2.11. The fourth-order valence-electron chi connectivity index (χ4n) is 1.35. The lowest BCUT2D eigenvalue weighted by Gasteiger charge is -2.19. The molecule has 1 unspecified atom stereocenters. The lowest BCUT2D eigenvalue weighted by molar-refractivity contribution is 0.0810. The minimum Gasteiger partial charge on any atom is -0.485 e. The minimum absolute atomic E-state index is 0.0233. The number of halogens is 1. The van der Waals surface area contributed by atoms with Crippen LogP contribution < -0.4 is 10.1 Å². The highest BCUT2D eigenvalue weighted by atomic mass is 35.5. The van der Waals surface area contributed by atoms with Crippen molar-refractivity contribution in [3.05, 3.63) is 29.3 Å². The van der Waals surface area contributed by atoms with E-state index in [2.05, 4.69) is 12.2 Å². The first-order valence-corrected chi connectivity index (χ1v) is 5.76. The Labute approximate surface area is 102 Å². The summed E-state index contributed by atoms with van der Waals surface area (Å²) in [6, 6.07) is 7.45. The van der Waals surface area contributed by atoms with Gasteiger partial charge in [-0.1, -0.05) is 30.7 Å². The maximum Gasteiger partial charge on any atom is 0.138 e. The number of benzene rings is 1. The van der Waals surface area contributed by atoms with E-state index in [1.807, 2.05) is 24.3 Å². The average Bonchev–Trinajstić information content (AvgIpc) is 2.29. The molecule has 0 saturated heterocycles. The van der Waals surface area contributed by atoms with Crippen LogP contribution in [0.1, 0.15) is 6.92 Å². The van der Waals surface area contributed by atoms with Crippen molar-refractivity contribution in [2.45, 2.75) is 13.0 Å². The van der Waals surface area contributed by atoms with E-state index < -0.39 is 0 Å². The molecule has 4 heteroatoms. The summed E-state index contributed by atoms with van der Waals surface area (Å²) in [5, 5.41) is 3.85. The Morgan fingerprint density at radius 2 is 2.12 bits per heavy atom. The van der Waals surface area contributed by atoms with E-state index in [9.17, 15) is 0 Å². The number of rotatable bonds is 7. The summed E-state index contributed by atoms with van der Waals surface area (Å²) in [5.41, 5.74) is 0. The molecule has 1 atom stereocenters. The first kappa shape index (κ1) is 13.3. The molecule has 0 spiro atoms. The molecule has 1 N–H and O–H groups in total. The molecule has 0 radical (unpaired) electrons. The second-order valence-electron chi connectivity index (χ2n) is 3.43. The number of methoxy groups -OCH3 is 1. The molecule has 1 aromatic rings. The molecule has 0 aliphatic heterocycles. The van der Waals surface area contributed by atoms with Crippen LogP contribution in [0.15, 0.2) is 24.3 Å². The van der Waals surface area contributed by atoms with Crippen LogP contribution in [0, 0.1) is 0 Å². The van der Waals surface area contributed by atoms with Crippen LogP contribution in [0.25, 0.3) is 0 Å². The third-order valence-electron chi connectivity index (χ3n) is 2.10. The quantitative estimate of drug-likeness (QED) is 0.798. The van der Waals surface area contributed by atoms with E-state index in [0.717, 1.165) is 13.1 Å². The van der Waals surface area contributed by atoms with Crippen LogP contribution in [-0.2, 0) is 4.74 Å². The van der Waals surface area contributed by atoms with Gasteiger partial charge < -0.3 is 14.8 Å². The van der Waals surface area contributed by atoms with Gasteiger partial charge in [-0.15, -0.1) is 0 Å². The van der Waals surface area contributed by atoms with E-state index in [4.69, 9.17) is 21.1 Å². The monoisotopic (exact) mass is 243 g/mol. The van der Waals surface area contributed by atoms with Gasteiger partial charge in [0.25, 0.3) is 0 Å². The first-order chi connectivity index (χ1) is 7.77. The third kappa shape index (κ3) is 4.39. The molecule has 0 saturated carbocycles. The fraction of sp³-hybridized carbons (Fsp3) is 0.500. The summed E-state index contributed by atoms with van der Waals surface area (Å²) in [4.78, 5) is 0. The van der Waals surface area contributed by atoms with E-state index in [1.165, 1.54) is 0 Å². The van der Waals surface area contributed by atoms with Crippen molar-refractivity contribution >= 4 is 11.6 Å². The van der Waals surface area contributed by atoms with E-state index in [1.54, 1.807) is 7.11 Å². The largest absolute Gasteiger partial charge is 0.485 e. The molecule has 0 amide bonds. The molecule has 0 aromatic heterocycles. The maximum absolute atomic E-state index is 6.02. The SMILES string of the molecule is CCNCC(COC)Oc1ccccc1Cl. The zero-order valence-corrected chi connectivity index (χ0v) is 10.5. The van der Waals surface area contributed by atoms with Gasteiger partial charge in [0.15, 0.2) is 0 Å². The summed E-state index contributed by atoms with van der Waals surface area (Å²) in [7, 11) is 1.66. The Balaban J connectivity index is 2.56. The maximum atomic E-state index is 6.02. The van der Waals surface area contributed by atoms with Crippen LogP contribution in [0.3, 0.4) is 0 Å². The van der Waals surface area contributed by atoms with Gasteiger partial charge in [-0.25, -0.2) is 0 Å². The van der Waals surface area contributed by atoms with Crippen LogP contribution >= 0.6 is 11.6 Å². The molecule has 0 heterocycles. The molecule has 3 nitrogen and oxygen atoms in total. The van der Waals surface area contributed by atoms with Crippen molar-refractivity contribution in [2.24, 2.45) is 0 Å². The Hall–Kier alpha value is -0.770. The highest BCUT2D eigenvalue weighted by molar-refractivity contribution is 6.32. The minimum atomic E-state index is -0.0233. The fourth-order valence-corrected chi connectivity index (χ4v) is 1.53. The predicted molar refractivity (Wildman–Crippen MR) is 66.3 cm³/mol. The second-order valence-corrected chi connectivity index (χ2v) is 3.84. The Kier molecular flexibility index (Phi) is 6.23. The molecule has 90 valence electrons. The number of likely N-dealkylation sites (N-methyl/N-ethyl adjacent to an activating group) is 1. The number of para-hydroxylation sites is 1. The molecule has 0 fully saturated rings.